The van der Waals surface area contributed by atoms with Gasteiger partial charge < -0.3 is 15.0 Å². The fraction of sp³-hybridized carbons (Fsp3) is 0.643. The second kappa shape index (κ2) is 7.31. The highest BCUT2D eigenvalue weighted by Gasteiger charge is 2.23. The summed E-state index contributed by atoms with van der Waals surface area (Å²) in [5, 5.41) is 3.41. The summed E-state index contributed by atoms with van der Waals surface area (Å²) in [4.78, 5) is 22.6. The number of amides is 1. The highest BCUT2D eigenvalue weighted by molar-refractivity contribution is 5.92. The Labute approximate surface area is 119 Å². The van der Waals surface area contributed by atoms with Crippen molar-refractivity contribution in [1.82, 2.24) is 20.2 Å². The van der Waals surface area contributed by atoms with Crippen LogP contribution in [0.15, 0.2) is 12.4 Å². The molecule has 0 bridgehead atoms. The van der Waals surface area contributed by atoms with Crippen LogP contribution in [0.3, 0.4) is 0 Å². The Morgan fingerprint density at radius 1 is 1.50 bits per heavy atom. The summed E-state index contributed by atoms with van der Waals surface area (Å²) in [5.41, 5.74) is 1.20. The van der Waals surface area contributed by atoms with Gasteiger partial charge in [-0.1, -0.05) is 0 Å². The number of methoxy groups -OCH3 is 1. The highest BCUT2D eigenvalue weighted by Crippen LogP contribution is 2.09. The van der Waals surface area contributed by atoms with E-state index in [4.69, 9.17) is 4.74 Å². The lowest BCUT2D eigenvalue weighted by Crippen LogP contribution is -2.43. The Kier molecular flexibility index (Phi) is 5.43. The summed E-state index contributed by atoms with van der Waals surface area (Å²) in [5.74, 6) is -0.0803. The monoisotopic (exact) mass is 278 g/mol. The molecule has 1 aliphatic rings. The van der Waals surface area contributed by atoms with Gasteiger partial charge in [-0.25, -0.2) is 4.98 Å². The van der Waals surface area contributed by atoms with Crippen LogP contribution in [0.2, 0.25) is 0 Å². The molecule has 1 aromatic rings. The third-order valence-electron chi connectivity index (χ3n) is 3.46. The lowest BCUT2D eigenvalue weighted by molar-refractivity contribution is 0.0673. The molecule has 0 saturated carbocycles. The first-order valence-electron chi connectivity index (χ1n) is 7.01. The fourth-order valence-electron chi connectivity index (χ4n) is 2.32. The zero-order chi connectivity index (χ0) is 14.4. The van der Waals surface area contributed by atoms with Gasteiger partial charge in [-0.2, -0.15) is 0 Å². The molecule has 20 heavy (non-hydrogen) atoms. The SMILES string of the molecule is COCCN(CC1CCCN1)C(=O)c1cnc(C)cn1. The minimum Gasteiger partial charge on any atom is -0.383 e. The Morgan fingerprint density at radius 3 is 2.95 bits per heavy atom. The predicted molar refractivity (Wildman–Crippen MR) is 75.6 cm³/mol. The number of aromatic nitrogens is 2. The van der Waals surface area contributed by atoms with Gasteiger partial charge in [-0.05, 0) is 26.3 Å². The predicted octanol–water partition coefficient (Wildman–Crippen LogP) is 0.626. The van der Waals surface area contributed by atoms with E-state index in [0.29, 0.717) is 31.4 Å². The standard InChI is InChI=1S/C14H22N4O2/c1-11-8-17-13(9-16-11)14(19)18(6-7-20-2)10-12-4-3-5-15-12/h8-9,12,15H,3-7,10H2,1-2H3. The molecule has 0 spiro atoms. The Bertz CT molecular complexity index is 429. The molecular formula is C14H22N4O2. The molecule has 6 heteroatoms. The largest absolute Gasteiger partial charge is 0.383 e. The molecule has 1 aliphatic heterocycles. The molecule has 1 aromatic heterocycles. The summed E-state index contributed by atoms with van der Waals surface area (Å²) in [6.07, 6.45) is 5.44. The van der Waals surface area contributed by atoms with Crippen LogP contribution in [0.25, 0.3) is 0 Å². The van der Waals surface area contributed by atoms with Crippen molar-refractivity contribution in [2.75, 3.05) is 33.4 Å². The molecule has 1 atom stereocenters. The normalized spacial score (nSPS) is 18.2. The quantitative estimate of drug-likeness (QED) is 0.826. The van der Waals surface area contributed by atoms with Gasteiger partial charge in [0.2, 0.25) is 0 Å². The number of nitrogens with zero attached hydrogens (tertiary/aromatic N) is 3. The maximum Gasteiger partial charge on any atom is 0.274 e. The maximum absolute atomic E-state index is 12.5. The molecule has 110 valence electrons. The number of rotatable bonds is 6. The molecule has 0 aromatic carbocycles. The van der Waals surface area contributed by atoms with E-state index < -0.39 is 0 Å². The Balaban J connectivity index is 2.03. The topological polar surface area (TPSA) is 67.3 Å². The van der Waals surface area contributed by atoms with Gasteiger partial charge in [-0.3, -0.25) is 9.78 Å². The molecule has 1 saturated heterocycles. The molecule has 2 rings (SSSR count). The van der Waals surface area contributed by atoms with Gasteiger partial charge in [0, 0.05) is 32.4 Å². The smallest absolute Gasteiger partial charge is 0.274 e. The number of aryl methyl sites for hydroxylation is 1. The van der Waals surface area contributed by atoms with Crippen LogP contribution >= 0.6 is 0 Å². The average Bonchev–Trinajstić information content (AvgIpc) is 2.96. The number of carbonyl (C=O) groups excluding carboxylic acids is 1. The Hall–Kier alpha value is -1.53. The van der Waals surface area contributed by atoms with Crippen molar-refractivity contribution in [3.8, 4) is 0 Å². The molecule has 2 heterocycles. The lowest BCUT2D eigenvalue weighted by Gasteiger charge is -2.25. The van der Waals surface area contributed by atoms with E-state index >= 15 is 0 Å². The van der Waals surface area contributed by atoms with E-state index in [-0.39, 0.29) is 5.91 Å². The minimum absolute atomic E-state index is 0.0803. The molecule has 1 amide bonds. The number of hydrogen-bond donors (Lipinski definition) is 1. The van der Waals surface area contributed by atoms with Crippen LogP contribution in [0.4, 0.5) is 0 Å². The summed E-state index contributed by atoms with van der Waals surface area (Å²) in [6, 6.07) is 0.370. The van der Waals surface area contributed by atoms with Crippen molar-refractivity contribution in [1.29, 1.82) is 0 Å². The molecular weight excluding hydrogens is 256 g/mol. The van der Waals surface area contributed by atoms with Gasteiger partial charge in [0.05, 0.1) is 18.5 Å². The zero-order valence-electron chi connectivity index (χ0n) is 12.1. The van der Waals surface area contributed by atoms with E-state index in [9.17, 15) is 4.79 Å². The number of nitrogens with one attached hydrogen (secondary N) is 1. The molecule has 0 aliphatic carbocycles. The molecule has 1 unspecified atom stereocenters. The van der Waals surface area contributed by atoms with Gasteiger partial charge in [-0.15, -0.1) is 0 Å². The maximum atomic E-state index is 12.5. The van der Waals surface area contributed by atoms with E-state index in [1.54, 1.807) is 24.4 Å². The van der Waals surface area contributed by atoms with Crippen LogP contribution in [0.5, 0.6) is 0 Å². The van der Waals surface area contributed by atoms with Gasteiger partial charge in [0.25, 0.3) is 5.91 Å². The van der Waals surface area contributed by atoms with Crippen LogP contribution in [0, 0.1) is 6.92 Å². The first-order chi connectivity index (χ1) is 9.70. The third kappa shape index (κ3) is 3.98. The second-order valence-corrected chi connectivity index (χ2v) is 5.08. The summed E-state index contributed by atoms with van der Waals surface area (Å²) in [6.45, 7) is 4.67. The second-order valence-electron chi connectivity index (χ2n) is 5.08. The number of ether oxygens (including phenoxy) is 1. The van der Waals surface area contributed by atoms with Crippen LogP contribution in [-0.2, 0) is 4.74 Å². The van der Waals surface area contributed by atoms with Crippen molar-refractivity contribution in [2.24, 2.45) is 0 Å². The van der Waals surface area contributed by atoms with Crippen LogP contribution in [-0.4, -0.2) is 60.2 Å². The molecule has 1 N–H and O–H groups in total. The highest BCUT2D eigenvalue weighted by atomic mass is 16.5. The third-order valence-corrected chi connectivity index (χ3v) is 3.46. The Morgan fingerprint density at radius 2 is 2.35 bits per heavy atom. The van der Waals surface area contributed by atoms with Crippen molar-refractivity contribution >= 4 is 5.91 Å². The molecule has 1 fully saturated rings. The van der Waals surface area contributed by atoms with Crippen LogP contribution in [0.1, 0.15) is 29.0 Å². The van der Waals surface area contributed by atoms with Crippen LogP contribution < -0.4 is 5.32 Å². The summed E-state index contributed by atoms with van der Waals surface area (Å²) >= 11 is 0. The van der Waals surface area contributed by atoms with E-state index in [2.05, 4.69) is 15.3 Å². The van der Waals surface area contributed by atoms with Crippen molar-refractivity contribution in [2.45, 2.75) is 25.8 Å². The lowest BCUT2D eigenvalue weighted by atomic mass is 10.2. The van der Waals surface area contributed by atoms with Crippen molar-refractivity contribution < 1.29 is 9.53 Å². The fourth-order valence-corrected chi connectivity index (χ4v) is 2.32. The van der Waals surface area contributed by atoms with E-state index in [1.165, 1.54) is 6.42 Å². The summed E-state index contributed by atoms with van der Waals surface area (Å²) in [7, 11) is 1.64. The first-order valence-corrected chi connectivity index (χ1v) is 7.01. The number of hydrogen-bond acceptors (Lipinski definition) is 5. The van der Waals surface area contributed by atoms with Gasteiger partial charge >= 0.3 is 0 Å². The van der Waals surface area contributed by atoms with Crippen molar-refractivity contribution in [3.63, 3.8) is 0 Å². The van der Waals surface area contributed by atoms with Gasteiger partial charge in [0.15, 0.2) is 0 Å². The van der Waals surface area contributed by atoms with Gasteiger partial charge in [0.1, 0.15) is 5.69 Å². The minimum atomic E-state index is -0.0803. The molecule has 0 radical (unpaired) electrons. The summed E-state index contributed by atoms with van der Waals surface area (Å²) < 4.78 is 5.09. The number of carbonyl (C=O) groups is 1. The molecule has 6 nitrogen and oxygen atoms in total. The average molecular weight is 278 g/mol. The van der Waals surface area contributed by atoms with E-state index in [1.807, 2.05) is 6.92 Å². The zero-order valence-corrected chi connectivity index (χ0v) is 12.1. The van der Waals surface area contributed by atoms with Crippen molar-refractivity contribution in [3.05, 3.63) is 23.8 Å². The first kappa shape index (κ1) is 14.9. The van der Waals surface area contributed by atoms with E-state index in [0.717, 1.165) is 18.7 Å².